The molecule has 8 rings (SSSR count). The standard InChI is InChI=1S/C36H50N4O/c1-3-7-13-21-38-34-35(19-11-5-1)25-40-23-14-8-4-2-6-12-20-36(34)33(41-36)30(28(35)18-24-40)32-31-27(17-22-37-32)26-15-9-10-16-29(26)39-31/h1-2,5-6,9-10,15-16,28,30,32-34,37-39H,3-4,7-8,11-14,17-25H2. The van der Waals surface area contributed by atoms with Crippen LogP contribution >= 0.6 is 0 Å². The van der Waals surface area contributed by atoms with Crippen molar-refractivity contribution in [3.8, 4) is 0 Å². The first-order valence-electron chi connectivity index (χ1n) is 17.1. The highest BCUT2D eigenvalue weighted by atomic mass is 16.6. The smallest absolute Gasteiger partial charge is 0.111 e. The van der Waals surface area contributed by atoms with Gasteiger partial charge in [0.2, 0.25) is 0 Å². The molecule has 5 heteroatoms. The Labute approximate surface area is 246 Å². The predicted molar refractivity (Wildman–Crippen MR) is 167 cm³/mol. The van der Waals surface area contributed by atoms with Gasteiger partial charge < -0.3 is 25.3 Å². The lowest BCUT2D eigenvalue weighted by molar-refractivity contribution is -0.0807. The number of aromatic amines is 1. The highest BCUT2D eigenvalue weighted by Gasteiger charge is 2.76. The molecule has 3 bridgehead atoms. The molecule has 5 aliphatic heterocycles. The number of hydrogen-bond donors (Lipinski definition) is 3. The van der Waals surface area contributed by atoms with Gasteiger partial charge in [-0.15, -0.1) is 0 Å². The van der Waals surface area contributed by atoms with Gasteiger partial charge in [0.15, 0.2) is 0 Å². The first-order valence-corrected chi connectivity index (χ1v) is 17.1. The number of H-pyrrole nitrogens is 1. The highest BCUT2D eigenvalue weighted by molar-refractivity contribution is 5.85. The number of nitrogens with zero attached hydrogens (tertiary/aromatic N) is 1. The van der Waals surface area contributed by atoms with Crippen molar-refractivity contribution in [3.05, 3.63) is 59.8 Å². The van der Waals surface area contributed by atoms with Gasteiger partial charge in [0.1, 0.15) is 5.60 Å². The molecule has 1 saturated carbocycles. The highest BCUT2D eigenvalue weighted by Crippen LogP contribution is 2.67. The van der Waals surface area contributed by atoms with Gasteiger partial charge in [0, 0.05) is 40.5 Å². The summed E-state index contributed by atoms with van der Waals surface area (Å²) in [5, 5.41) is 9.82. The number of epoxide rings is 1. The summed E-state index contributed by atoms with van der Waals surface area (Å²) < 4.78 is 7.25. The number of ether oxygens (including phenoxy) is 1. The molecule has 2 aromatic rings. The van der Waals surface area contributed by atoms with Crippen molar-refractivity contribution in [1.29, 1.82) is 0 Å². The summed E-state index contributed by atoms with van der Waals surface area (Å²) in [5.41, 5.74) is 4.50. The molecule has 1 aromatic heterocycles. The number of hydrogen-bond acceptors (Lipinski definition) is 4. The van der Waals surface area contributed by atoms with E-state index in [0.717, 1.165) is 32.4 Å². The largest absolute Gasteiger partial charge is 0.364 e. The summed E-state index contributed by atoms with van der Waals surface area (Å²) in [7, 11) is 0. The second-order valence-electron chi connectivity index (χ2n) is 14.1. The summed E-state index contributed by atoms with van der Waals surface area (Å²) in [4.78, 5) is 6.82. The van der Waals surface area contributed by atoms with Crippen molar-refractivity contribution < 1.29 is 4.74 Å². The van der Waals surface area contributed by atoms with Crippen molar-refractivity contribution in [2.24, 2.45) is 17.3 Å². The molecular formula is C36H50N4O. The number of piperidine rings is 1. The number of fused-ring (bicyclic) bond motifs is 4. The SMILES string of the molecule is C1=CCCC23CN4CCCCC=CCCC5(OC5C(C5NCCc6c5[nH]c5ccccc65)C2CC4)C3NCCCC1. The third-order valence-corrected chi connectivity index (χ3v) is 12.0. The molecule has 2 spiro atoms. The quantitative estimate of drug-likeness (QED) is 0.281. The third-order valence-electron chi connectivity index (χ3n) is 12.0. The summed E-state index contributed by atoms with van der Waals surface area (Å²) >= 11 is 0. The first kappa shape index (κ1) is 26.7. The van der Waals surface area contributed by atoms with Crippen molar-refractivity contribution >= 4 is 10.9 Å². The van der Waals surface area contributed by atoms with Crippen LogP contribution in [0.1, 0.15) is 87.9 Å². The Morgan fingerprint density at radius 3 is 2.59 bits per heavy atom. The maximum absolute atomic E-state index is 7.25. The van der Waals surface area contributed by atoms with Gasteiger partial charge >= 0.3 is 0 Å². The molecule has 0 amide bonds. The van der Waals surface area contributed by atoms with Crippen LogP contribution in [0.5, 0.6) is 0 Å². The fraction of sp³-hybridized carbons (Fsp3) is 0.667. The number of rotatable bonds is 1. The second-order valence-corrected chi connectivity index (χ2v) is 14.1. The molecule has 0 radical (unpaired) electrons. The van der Waals surface area contributed by atoms with Crippen LogP contribution in [0, 0.1) is 17.3 Å². The normalized spacial score (nSPS) is 41.2. The summed E-state index contributed by atoms with van der Waals surface area (Å²) in [6, 6.07) is 9.77. The summed E-state index contributed by atoms with van der Waals surface area (Å²) in [6.45, 7) is 5.92. The molecule has 2 saturated heterocycles. The number of nitrogens with one attached hydrogen (secondary N) is 3. The minimum absolute atomic E-state index is 0.0500. The van der Waals surface area contributed by atoms with E-state index in [-0.39, 0.29) is 11.0 Å². The van der Waals surface area contributed by atoms with Crippen LogP contribution in [0.15, 0.2) is 48.6 Å². The molecule has 8 unspecified atom stereocenters. The Morgan fingerprint density at radius 1 is 0.829 bits per heavy atom. The van der Waals surface area contributed by atoms with Gasteiger partial charge in [-0.25, -0.2) is 0 Å². The Kier molecular flexibility index (Phi) is 7.14. The lowest BCUT2D eigenvalue weighted by atomic mass is 9.50. The van der Waals surface area contributed by atoms with Gasteiger partial charge in [-0.05, 0) is 121 Å². The first-order chi connectivity index (χ1) is 20.3. The Morgan fingerprint density at radius 2 is 1.66 bits per heavy atom. The minimum atomic E-state index is -0.0500. The van der Waals surface area contributed by atoms with Crippen molar-refractivity contribution in [2.75, 3.05) is 32.7 Å². The van der Waals surface area contributed by atoms with E-state index in [4.69, 9.17) is 4.74 Å². The van der Waals surface area contributed by atoms with E-state index < -0.39 is 0 Å². The monoisotopic (exact) mass is 554 g/mol. The molecule has 41 heavy (non-hydrogen) atoms. The number of para-hydroxylation sites is 1. The molecule has 3 fully saturated rings. The van der Waals surface area contributed by atoms with E-state index in [1.54, 1.807) is 5.56 Å². The zero-order valence-corrected chi connectivity index (χ0v) is 24.9. The average Bonchev–Trinajstić information content (AvgIpc) is 3.59. The van der Waals surface area contributed by atoms with Crippen LogP contribution in [-0.4, -0.2) is 60.4 Å². The molecule has 1 aromatic carbocycles. The van der Waals surface area contributed by atoms with Gasteiger partial charge in [0.25, 0.3) is 0 Å². The van der Waals surface area contributed by atoms with Crippen molar-refractivity contribution in [2.45, 2.75) is 101 Å². The van der Waals surface area contributed by atoms with Crippen LogP contribution in [0.3, 0.4) is 0 Å². The molecule has 6 heterocycles. The fourth-order valence-corrected chi connectivity index (χ4v) is 10.3. The van der Waals surface area contributed by atoms with E-state index in [9.17, 15) is 0 Å². The lowest BCUT2D eigenvalue weighted by Gasteiger charge is -2.60. The van der Waals surface area contributed by atoms with Gasteiger partial charge in [0.05, 0.1) is 12.1 Å². The summed E-state index contributed by atoms with van der Waals surface area (Å²) in [6.07, 6.45) is 25.1. The Bertz CT molecular complexity index is 1300. The molecule has 1 aliphatic carbocycles. The van der Waals surface area contributed by atoms with Crippen LogP contribution in [0.25, 0.3) is 10.9 Å². The maximum Gasteiger partial charge on any atom is 0.111 e. The maximum atomic E-state index is 7.25. The van der Waals surface area contributed by atoms with Crippen molar-refractivity contribution in [3.63, 3.8) is 0 Å². The van der Waals surface area contributed by atoms with Crippen LogP contribution in [-0.2, 0) is 11.2 Å². The molecular weight excluding hydrogens is 504 g/mol. The molecule has 8 atom stereocenters. The Hall–Kier alpha value is -1.92. The van der Waals surface area contributed by atoms with Crippen LogP contribution in [0.2, 0.25) is 0 Å². The van der Waals surface area contributed by atoms with E-state index in [2.05, 4.69) is 69.1 Å². The molecule has 5 nitrogen and oxygen atoms in total. The summed E-state index contributed by atoms with van der Waals surface area (Å²) in [5.74, 6) is 1.16. The van der Waals surface area contributed by atoms with Gasteiger partial charge in [-0.1, -0.05) is 42.5 Å². The van der Waals surface area contributed by atoms with E-state index >= 15 is 0 Å². The minimum Gasteiger partial charge on any atom is -0.364 e. The average molecular weight is 555 g/mol. The topological polar surface area (TPSA) is 55.6 Å². The van der Waals surface area contributed by atoms with E-state index in [0.29, 0.717) is 30.0 Å². The van der Waals surface area contributed by atoms with E-state index in [1.165, 1.54) is 94.0 Å². The van der Waals surface area contributed by atoms with Gasteiger partial charge in [-0.2, -0.15) is 0 Å². The third kappa shape index (κ3) is 4.49. The number of allylic oxidation sites excluding steroid dienone is 4. The zero-order chi connectivity index (χ0) is 27.3. The van der Waals surface area contributed by atoms with Crippen LogP contribution in [0.4, 0.5) is 0 Å². The fourth-order valence-electron chi connectivity index (χ4n) is 10.3. The van der Waals surface area contributed by atoms with Crippen molar-refractivity contribution in [1.82, 2.24) is 20.5 Å². The lowest BCUT2D eigenvalue weighted by Crippen LogP contribution is -2.69. The molecule has 220 valence electrons. The number of aromatic nitrogens is 1. The molecule has 3 N–H and O–H groups in total. The second kappa shape index (κ2) is 11.0. The van der Waals surface area contributed by atoms with Gasteiger partial charge in [-0.3, -0.25) is 0 Å². The predicted octanol–water partition coefficient (Wildman–Crippen LogP) is 6.43. The Balaban J connectivity index is 1.26. The zero-order valence-electron chi connectivity index (χ0n) is 24.9. The molecule has 6 aliphatic rings. The van der Waals surface area contributed by atoms with E-state index in [1.807, 2.05) is 0 Å². The van der Waals surface area contributed by atoms with Crippen LogP contribution < -0.4 is 10.6 Å². The number of benzene rings is 1.